The summed E-state index contributed by atoms with van der Waals surface area (Å²) in [6.45, 7) is 2.02. The number of amidine groups is 1. The van der Waals surface area contributed by atoms with Crippen molar-refractivity contribution in [3.05, 3.63) is 98.7 Å². The summed E-state index contributed by atoms with van der Waals surface area (Å²) in [7, 11) is -4.34. The normalized spacial score (nSPS) is 17.1. The van der Waals surface area contributed by atoms with Crippen molar-refractivity contribution in [1.29, 1.82) is 5.41 Å². The number of hydrogen-bond acceptors (Lipinski definition) is 7. The van der Waals surface area contributed by atoms with Gasteiger partial charge in [-0.05, 0) is 56.2 Å². The largest absolute Gasteiger partial charge is 0.487 e. The van der Waals surface area contributed by atoms with Crippen LogP contribution in [0.15, 0.2) is 65.6 Å². The first-order valence-corrected chi connectivity index (χ1v) is 18.4. The monoisotopic (exact) mass is 776 g/mol. The predicted molar refractivity (Wildman–Crippen MR) is 189 cm³/mol. The molecule has 2 aliphatic rings. The number of nitrogens with two attached hydrogens (primary N) is 1. The number of piperazine rings is 1. The fourth-order valence-corrected chi connectivity index (χ4v) is 8.99. The molecular formula is C35H33Cl2F3N6O5S. The van der Waals surface area contributed by atoms with E-state index >= 15 is 0 Å². The first-order chi connectivity index (χ1) is 24.6. The molecule has 3 N–H and O–H groups in total. The molecule has 0 aliphatic carbocycles. The Morgan fingerprint density at radius 3 is 2.29 bits per heavy atom. The molecule has 0 unspecified atom stereocenters. The molecule has 2 aliphatic heterocycles. The summed E-state index contributed by atoms with van der Waals surface area (Å²) in [6.07, 6.45) is -3.92. The van der Waals surface area contributed by atoms with Gasteiger partial charge in [0.2, 0.25) is 15.9 Å². The summed E-state index contributed by atoms with van der Waals surface area (Å²) in [6, 6.07) is 13.0. The first kappa shape index (κ1) is 37.3. The van der Waals surface area contributed by atoms with Crippen molar-refractivity contribution in [2.45, 2.75) is 43.5 Å². The van der Waals surface area contributed by atoms with Crippen molar-refractivity contribution in [3.8, 4) is 5.75 Å². The van der Waals surface area contributed by atoms with Crippen molar-refractivity contribution >= 4 is 61.8 Å². The van der Waals surface area contributed by atoms with Gasteiger partial charge in [0.15, 0.2) is 0 Å². The van der Waals surface area contributed by atoms with E-state index in [1.54, 1.807) is 34.1 Å². The number of sulfonamides is 1. The van der Waals surface area contributed by atoms with Crippen LogP contribution in [0.2, 0.25) is 10.0 Å². The lowest BCUT2D eigenvalue weighted by Gasteiger charge is -2.37. The Bertz CT molecular complexity index is 2180. The highest BCUT2D eigenvalue weighted by Crippen LogP contribution is 2.39. The quantitative estimate of drug-likeness (QED) is 0.168. The molecule has 0 saturated carbocycles. The zero-order valence-corrected chi connectivity index (χ0v) is 30.0. The minimum atomic E-state index is -4.63. The number of carbonyl (C=O) groups excluding carboxylic acids is 2. The number of pyridine rings is 1. The lowest BCUT2D eigenvalue weighted by atomic mass is 10.1. The van der Waals surface area contributed by atoms with Gasteiger partial charge in [-0.3, -0.25) is 15.0 Å². The minimum Gasteiger partial charge on any atom is -0.487 e. The molecule has 0 bridgehead atoms. The van der Waals surface area contributed by atoms with Gasteiger partial charge in [0.25, 0.3) is 5.91 Å². The number of nitrogen functional groups attached to an aromatic ring is 1. The van der Waals surface area contributed by atoms with E-state index in [1.807, 2.05) is 0 Å². The number of alkyl halides is 3. The Kier molecular flexibility index (Phi) is 10.4. The van der Waals surface area contributed by atoms with E-state index in [2.05, 4.69) is 4.98 Å². The smallest absolute Gasteiger partial charge is 0.417 e. The third-order valence-corrected chi connectivity index (χ3v) is 12.0. The van der Waals surface area contributed by atoms with Gasteiger partial charge in [-0.1, -0.05) is 47.5 Å². The Morgan fingerprint density at radius 2 is 1.63 bits per heavy atom. The van der Waals surface area contributed by atoms with E-state index in [0.29, 0.717) is 17.5 Å². The van der Waals surface area contributed by atoms with Crippen molar-refractivity contribution in [3.63, 3.8) is 0 Å². The topological polar surface area (TPSA) is 150 Å². The maximum absolute atomic E-state index is 14.1. The third-order valence-electron chi connectivity index (χ3n) is 9.16. The molecule has 6 rings (SSSR count). The van der Waals surface area contributed by atoms with Crippen molar-refractivity contribution in [2.24, 2.45) is 5.73 Å². The molecule has 1 aromatic heterocycles. The fourth-order valence-electron chi connectivity index (χ4n) is 6.48. The number of benzene rings is 3. The molecule has 1 atom stereocenters. The van der Waals surface area contributed by atoms with Crippen LogP contribution >= 0.6 is 23.2 Å². The molecule has 2 amide bonds. The first-order valence-electron chi connectivity index (χ1n) is 16.2. The summed E-state index contributed by atoms with van der Waals surface area (Å²) in [5.74, 6) is -0.711. The average Bonchev–Trinajstić information content (AvgIpc) is 3.62. The van der Waals surface area contributed by atoms with E-state index in [9.17, 15) is 31.2 Å². The van der Waals surface area contributed by atoms with E-state index in [-0.39, 0.29) is 106 Å². The number of para-hydroxylation sites is 1. The molecule has 2 saturated heterocycles. The molecule has 3 aromatic carbocycles. The van der Waals surface area contributed by atoms with Crippen molar-refractivity contribution in [2.75, 3.05) is 32.7 Å². The lowest BCUT2D eigenvalue weighted by molar-refractivity contribution is -0.137. The zero-order chi connectivity index (χ0) is 37.5. The van der Waals surface area contributed by atoms with Gasteiger partial charge in [-0.2, -0.15) is 17.5 Å². The zero-order valence-electron chi connectivity index (χ0n) is 27.7. The maximum atomic E-state index is 14.1. The van der Waals surface area contributed by atoms with Gasteiger partial charge in [-0.15, -0.1) is 0 Å². The van der Waals surface area contributed by atoms with E-state index < -0.39 is 27.8 Å². The number of ether oxygens (including phenoxy) is 1. The number of amides is 2. The van der Waals surface area contributed by atoms with Gasteiger partial charge in [0.05, 0.1) is 10.6 Å². The molecule has 11 nitrogen and oxygen atoms in total. The van der Waals surface area contributed by atoms with Crippen LogP contribution in [0.4, 0.5) is 13.2 Å². The van der Waals surface area contributed by atoms with Gasteiger partial charge in [0, 0.05) is 65.5 Å². The molecule has 0 radical (unpaired) electrons. The molecule has 17 heteroatoms. The molecule has 52 heavy (non-hydrogen) atoms. The second-order valence-corrected chi connectivity index (χ2v) is 15.1. The second kappa shape index (κ2) is 14.5. The highest BCUT2D eigenvalue weighted by Gasteiger charge is 2.43. The van der Waals surface area contributed by atoms with Crippen LogP contribution in [0.1, 0.15) is 45.6 Å². The summed E-state index contributed by atoms with van der Waals surface area (Å²) in [4.78, 5) is 33.9. The van der Waals surface area contributed by atoms with E-state index in [0.717, 1.165) is 10.4 Å². The van der Waals surface area contributed by atoms with Gasteiger partial charge >= 0.3 is 6.18 Å². The van der Waals surface area contributed by atoms with Crippen LogP contribution in [0.3, 0.4) is 0 Å². The van der Waals surface area contributed by atoms with Crippen LogP contribution < -0.4 is 10.5 Å². The second-order valence-electron chi connectivity index (χ2n) is 12.5. The van der Waals surface area contributed by atoms with Crippen LogP contribution in [0.25, 0.3) is 10.9 Å². The SMILES string of the molecule is Cc1cc(C(F)(F)F)c2cccc(OCc3c(Cl)ccc(S(=O)(=O)N4CCC[C@H]4C(=O)N4CCN(C(=O)c5ccc(C(=N)N)cc5)CC4)c3Cl)c2n1. The van der Waals surface area contributed by atoms with Crippen LogP contribution in [0, 0.1) is 12.3 Å². The molecule has 3 heterocycles. The number of hydrogen-bond donors (Lipinski definition) is 2. The third kappa shape index (κ3) is 7.27. The average molecular weight is 778 g/mol. The summed E-state index contributed by atoms with van der Waals surface area (Å²) < 4.78 is 76.5. The van der Waals surface area contributed by atoms with Gasteiger partial charge in [0.1, 0.15) is 34.6 Å². The Labute approximate surface area is 307 Å². The lowest BCUT2D eigenvalue weighted by Crippen LogP contribution is -2.55. The molecule has 2 fully saturated rings. The number of carbonyl (C=O) groups is 2. The standard InChI is InChI=1S/C35H33Cl2F3N6O5S/c1-20-18-25(35(38,39)40)23-4-2-6-28(31(23)43-20)51-19-24-26(36)11-12-29(30(24)37)52(49,50)46-13-3-5-27(46)34(48)45-16-14-44(15-17-45)33(47)22-9-7-21(8-10-22)32(41)42/h2,4,6-12,18,27H,3,5,13-17,19H2,1H3,(H3,41,42)/t27-/m0/s1. The van der Waals surface area contributed by atoms with Crippen LogP contribution in [0.5, 0.6) is 5.75 Å². The highest BCUT2D eigenvalue weighted by molar-refractivity contribution is 7.89. The highest BCUT2D eigenvalue weighted by atomic mass is 35.5. The minimum absolute atomic E-state index is 0.0185. The molecule has 274 valence electrons. The fraction of sp³-hybridized carbons (Fsp3) is 0.314. The molecular weight excluding hydrogens is 744 g/mol. The van der Waals surface area contributed by atoms with Crippen LogP contribution in [-0.2, 0) is 27.6 Å². The molecule has 4 aromatic rings. The summed E-state index contributed by atoms with van der Waals surface area (Å²) >= 11 is 13.1. The van der Waals surface area contributed by atoms with Crippen molar-refractivity contribution < 1.29 is 35.9 Å². The Balaban J connectivity index is 1.17. The predicted octanol–water partition coefficient (Wildman–Crippen LogP) is 5.87. The summed E-state index contributed by atoms with van der Waals surface area (Å²) in [5, 5.41) is 7.19. The number of aromatic nitrogens is 1. The van der Waals surface area contributed by atoms with Gasteiger partial charge in [-0.25, -0.2) is 13.4 Å². The van der Waals surface area contributed by atoms with Gasteiger partial charge < -0.3 is 20.3 Å². The van der Waals surface area contributed by atoms with Crippen molar-refractivity contribution in [1.82, 2.24) is 19.1 Å². The van der Waals surface area contributed by atoms with E-state index in [1.165, 1.54) is 37.3 Å². The maximum Gasteiger partial charge on any atom is 0.417 e. The van der Waals surface area contributed by atoms with E-state index in [4.69, 9.17) is 39.1 Å². The number of nitrogens with zero attached hydrogens (tertiary/aromatic N) is 4. The number of nitrogens with one attached hydrogen (secondary N) is 1. The number of fused-ring (bicyclic) bond motifs is 1. The Hall–Kier alpha value is -4.44. The Morgan fingerprint density at radius 1 is 0.981 bits per heavy atom. The summed E-state index contributed by atoms with van der Waals surface area (Å²) in [5.41, 5.74) is 5.72. The number of halogens is 5. The number of rotatable bonds is 8. The number of aryl methyl sites for hydroxylation is 1. The molecule has 0 spiro atoms. The van der Waals surface area contributed by atoms with Crippen LogP contribution in [-0.4, -0.2) is 83.9 Å².